The fraction of sp³-hybridized carbons (Fsp3) is 0.571. The van der Waals surface area contributed by atoms with Crippen molar-refractivity contribution in [1.82, 2.24) is 0 Å². The Labute approximate surface area is 117 Å². The second-order valence-electron chi connectivity index (χ2n) is 4.72. The molecule has 0 aromatic heterocycles. The van der Waals surface area contributed by atoms with Crippen molar-refractivity contribution in [3.05, 3.63) is 34.9 Å². The smallest absolute Gasteiger partial charge is 0.0579 e. The molecule has 17 heavy (non-hydrogen) atoms. The van der Waals surface area contributed by atoms with E-state index in [1.165, 1.54) is 18.4 Å². The van der Waals surface area contributed by atoms with E-state index in [-0.39, 0.29) is 0 Å². The van der Waals surface area contributed by atoms with E-state index in [4.69, 9.17) is 16.3 Å². The molecule has 0 aliphatic carbocycles. The number of benzene rings is 1. The first-order chi connectivity index (χ1) is 8.28. The molecule has 1 aromatic rings. The zero-order valence-corrected chi connectivity index (χ0v) is 12.2. The highest BCUT2D eigenvalue weighted by atomic mass is 79.9. The maximum absolute atomic E-state index is 5.89. The molecule has 0 spiro atoms. The van der Waals surface area contributed by atoms with Gasteiger partial charge in [-0.3, -0.25) is 0 Å². The fourth-order valence-corrected chi connectivity index (χ4v) is 2.98. The van der Waals surface area contributed by atoms with Gasteiger partial charge in [0.1, 0.15) is 0 Å². The van der Waals surface area contributed by atoms with Gasteiger partial charge < -0.3 is 4.74 Å². The van der Waals surface area contributed by atoms with Crippen LogP contribution in [0, 0.1) is 5.92 Å². The van der Waals surface area contributed by atoms with E-state index in [9.17, 15) is 0 Å². The van der Waals surface area contributed by atoms with Crippen molar-refractivity contribution in [1.29, 1.82) is 0 Å². The highest BCUT2D eigenvalue weighted by Crippen LogP contribution is 2.24. The van der Waals surface area contributed by atoms with Crippen LogP contribution < -0.4 is 0 Å². The number of alkyl halides is 1. The van der Waals surface area contributed by atoms with Gasteiger partial charge in [-0.1, -0.05) is 39.7 Å². The first kappa shape index (κ1) is 13.4. The summed E-state index contributed by atoms with van der Waals surface area (Å²) in [7, 11) is 0. The van der Waals surface area contributed by atoms with Crippen LogP contribution >= 0.6 is 27.5 Å². The third-order valence-corrected chi connectivity index (χ3v) is 4.44. The standard InChI is InChI=1S/C14H18BrClO/c15-10-12(9-14-2-1-7-17-14)8-11-3-5-13(16)6-4-11/h3-6,12,14H,1-2,7-10H2. The second kappa shape index (κ2) is 6.77. The van der Waals surface area contributed by atoms with Gasteiger partial charge in [0.15, 0.2) is 0 Å². The monoisotopic (exact) mass is 316 g/mol. The van der Waals surface area contributed by atoms with E-state index in [1.807, 2.05) is 12.1 Å². The molecule has 0 amide bonds. The van der Waals surface area contributed by atoms with E-state index in [1.54, 1.807) is 0 Å². The quantitative estimate of drug-likeness (QED) is 0.728. The molecule has 3 heteroatoms. The highest BCUT2D eigenvalue weighted by Gasteiger charge is 2.20. The number of hydrogen-bond donors (Lipinski definition) is 0. The van der Waals surface area contributed by atoms with Gasteiger partial charge in [0.2, 0.25) is 0 Å². The Morgan fingerprint density at radius 2 is 2.12 bits per heavy atom. The molecule has 94 valence electrons. The van der Waals surface area contributed by atoms with Crippen molar-refractivity contribution >= 4 is 27.5 Å². The number of hydrogen-bond acceptors (Lipinski definition) is 1. The van der Waals surface area contributed by atoms with Crippen molar-refractivity contribution in [2.24, 2.45) is 5.92 Å². The maximum Gasteiger partial charge on any atom is 0.0579 e. The van der Waals surface area contributed by atoms with E-state index < -0.39 is 0 Å². The van der Waals surface area contributed by atoms with Gasteiger partial charge in [0, 0.05) is 17.0 Å². The molecule has 1 nitrogen and oxygen atoms in total. The van der Waals surface area contributed by atoms with Crippen molar-refractivity contribution in [2.45, 2.75) is 31.8 Å². The van der Waals surface area contributed by atoms with E-state index >= 15 is 0 Å². The normalized spacial score (nSPS) is 21.6. The highest BCUT2D eigenvalue weighted by molar-refractivity contribution is 9.09. The van der Waals surface area contributed by atoms with Gasteiger partial charge >= 0.3 is 0 Å². The van der Waals surface area contributed by atoms with Crippen LogP contribution in [0.4, 0.5) is 0 Å². The molecule has 1 saturated heterocycles. The summed E-state index contributed by atoms with van der Waals surface area (Å²) in [5.74, 6) is 0.652. The Kier molecular flexibility index (Phi) is 5.33. The predicted molar refractivity (Wildman–Crippen MR) is 76.0 cm³/mol. The Balaban J connectivity index is 1.87. The van der Waals surface area contributed by atoms with Gasteiger partial charge in [0.25, 0.3) is 0 Å². The van der Waals surface area contributed by atoms with Crippen LogP contribution in [0.2, 0.25) is 5.02 Å². The molecule has 0 N–H and O–H groups in total. The number of ether oxygens (including phenoxy) is 1. The molecule has 1 heterocycles. The summed E-state index contributed by atoms with van der Waals surface area (Å²) < 4.78 is 5.70. The van der Waals surface area contributed by atoms with Gasteiger partial charge in [-0.05, 0) is 49.3 Å². The minimum atomic E-state index is 0.477. The lowest BCUT2D eigenvalue weighted by Gasteiger charge is -2.18. The molecular weight excluding hydrogens is 300 g/mol. The molecule has 0 radical (unpaired) electrons. The number of halogens is 2. The molecule has 2 atom stereocenters. The molecule has 1 aromatic carbocycles. The third kappa shape index (κ3) is 4.27. The van der Waals surface area contributed by atoms with E-state index in [0.29, 0.717) is 12.0 Å². The van der Waals surface area contributed by atoms with Crippen molar-refractivity contribution in [3.63, 3.8) is 0 Å². The first-order valence-corrected chi connectivity index (χ1v) is 7.70. The van der Waals surface area contributed by atoms with Crippen LogP contribution in [0.25, 0.3) is 0 Å². The lowest BCUT2D eigenvalue weighted by molar-refractivity contribution is 0.0925. The van der Waals surface area contributed by atoms with Crippen LogP contribution in [-0.2, 0) is 11.2 Å². The summed E-state index contributed by atoms with van der Waals surface area (Å²) in [6, 6.07) is 8.17. The minimum Gasteiger partial charge on any atom is -0.378 e. The molecular formula is C14H18BrClO. The van der Waals surface area contributed by atoms with Crippen LogP contribution in [0.5, 0.6) is 0 Å². The SMILES string of the molecule is Clc1ccc(CC(CBr)CC2CCCO2)cc1. The van der Waals surface area contributed by atoms with Crippen molar-refractivity contribution < 1.29 is 4.74 Å². The van der Waals surface area contributed by atoms with Gasteiger partial charge in [0.05, 0.1) is 6.10 Å². The second-order valence-corrected chi connectivity index (χ2v) is 5.81. The van der Waals surface area contributed by atoms with Crippen LogP contribution in [0.15, 0.2) is 24.3 Å². The minimum absolute atomic E-state index is 0.477. The lowest BCUT2D eigenvalue weighted by Crippen LogP contribution is -2.16. The van der Waals surface area contributed by atoms with Gasteiger partial charge in [-0.15, -0.1) is 0 Å². The average Bonchev–Trinajstić information content (AvgIpc) is 2.84. The summed E-state index contributed by atoms with van der Waals surface area (Å²) in [6.45, 7) is 0.945. The Morgan fingerprint density at radius 3 is 2.71 bits per heavy atom. The average molecular weight is 318 g/mol. The van der Waals surface area contributed by atoms with E-state index in [2.05, 4.69) is 28.1 Å². The molecule has 2 unspecified atom stereocenters. The fourth-order valence-electron chi connectivity index (χ4n) is 2.36. The summed E-state index contributed by atoms with van der Waals surface area (Å²) in [5, 5.41) is 1.85. The predicted octanol–water partition coefficient (Wildman–Crippen LogP) is 4.46. The Bertz CT molecular complexity index is 333. The Hall–Kier alpha value is -0.0500. The molecule has 0 bridgehead atoms. The summed E-state index contributed by atoms with van der Waals surface area (Å²) in [6.07, 6.45) is 5.19. The van der Waals surface area contributed by atoms with Crippen LogP contribution in [-0.4, -0.2) is 18.0 Å². The Morgan fingerprint density at radius 1 is 1.35 bits per heavy atom. The summed E-state index contributed by atoms with van der Waals surface area (Å²) in [5.41, 5.74) is 1.36. The molecule has 0 saturated carbocycles. The van der Waals surface area contributed by atoms with Crippen molar-refractivity contribution in [3.8, 4) is 0 Å². The van der Waals surface area contributed by atoms with Gasteiger partial charge in [-0.25, -0.2) is 0 Å². The lowest BCUT2D eigenvalue weighted by atomic mass is 9.94. The summed E-state index contributed by atoms with van der Waals surface area (Å²) in [4.78, 5) is 0. The van der Waals surface area contributed by atoms with E-state index in [0.717, 1.165) is 29.8 Å². The zero-order valence-electron chi connectivity index (χ0n) is 9.87. The zero-order chi connectivity index (χ0) is 12.1. The first-order valence-electron chi connectivity index (χ1n) is 6.20. The largest absolute Gasteiger partial charge is 0.378 e. The van der Waals surface area contributed by atoms with Crippen LogP contribution in [0.1, 0.15) is 24.8 Å². The van der Waals surface area contributed by atoms with Gasteiger partial charge in [-0.2, -0.15) is 0 Å². The maximum atomic E-state index is 5.89. The molecule has 1 fully saturated rings. The molecule has 2 rings (SSSR count). The van der Waals surface area contributed by atoms with Crippen molar-refractivity contribution in [2.75, 3.05) is 11.9 Å². The van der Waals surface area contributed by atoms with Crippen LogP contribution in [0.3, 0.4) is 0 Å². The summed E-state index contributed by atoms with van der Waals surface area (Å²) >= 11 is 9.50. The molecule has 1 aliphatic rings. The molecule has 1 aliphatic heterocycles. The third-order valence-electron chi connectivity index (χ3n) is 3.28. The topological polar surface area (TPSA) is 9.23 Å². The number of rotatable bonds is 5.